The minimum atomic E-state index is -1.10. The lowest BCUT2D eigenvalue weighted by Crippen LogP contribution is -2.21. The van der Waals surface area contributed by atoms with Crippen LogP contribution in [0.3, 0.4) is 0 Å². The molecular weight excluding hydrogens is 409 g/mol. The predicted molar refractivity (Wildman–Crippen MR) is 93.2 cm³/mol. The maximum absolute atomic E-state index is 13.0. The lowest BCUT2D eigenvalue weighted by atomic mass is 10.2. The van der Waals surface area contributed by atoms with Gasteiger partial charge in [0.1, 0.15) is 18.1 Å². The maximum atomic E-state index is 13.0. The summed E-state index contributed by atoms with van der Waals surface area (Å²) in [6.45, 7) is -0.0262. The number of hydrogen-bond donors (Lipinski definition) is 2. The third-order valence-electron chi connectivity index (χ3n) is 3.44. The summed E-state index contributed by atoms with van der Waals surface area (Å²) >= 11 is 3.32. The van der Waals surface area contributed by atoms with Gasteiger partial charge in [-0.3, -0.25) is 14.3 Å². The van der Waals surface area contributed by atoms with E-state index in [1.165, 1.54) is 24.4 Å². The van der Waals surface area contributed by atoms with E-state index in [1.54, 1.807) is 23.0 Å². The molecule has 2 aromatic heterocycles. The second-order valence-electron chi connectivity index (χ2n) is 5.37. The second kappa shape index (κ2) is 7.48. The van der Waals surface area contributed by atoms with Crippen molar-refractivity contribution in [3.05, 3.63) is 64.3 Å². The first-order valence-electron chi connectivity index (χ1n) is 7.45. The summed E-state index contributed by atoms with van der Waals surface area (Å²) in [4.78, 5) is 23.2. The molecule has 1 aromatic carbocycles. The van der Waals surface area contributed by atoms with Crippen molar-refractivity contribution in [2.75, 3.05) is 5.32 Å². The number of rotatable bonds is 6. The minimum Gasteiger partial charge on any atom is -0.480 e. The Morgan fingerprint density at radius 3 is 2.65 bits per heavy atom. The highest BCUT2D eigenvalue weighted by atomic mass is 79.9. The Morgan fingerprint density at radius 2 is 1.96 bits per heavy atom. The van der Waals surface area contributed by atoms with Crippen LogP contribution in [-0.4, -0.2) is 36.5 Å². The van der Waals surface area contributed by atoms with Crippen LogP contribution < -0.4 is 5.32 Å². The normalized spacial score (nSPS) is 10.7. The molecule has 2 N–H and O–H groups in total. The van der Waals surface area contributed by atoms with Crippen LogP contribution in [0.4, 0.5) is 10.2 Å². The zero-order chi connectivity index (χ0) is 18.7. The standard InChI is InChI=1S/C16H13BrFN5O3/c17-12-8-22(7-10-1-3-11(18)4-2-10)21-15(12)20-16(26)13-5-6-19-23(13)9-14(24)25/h1-6,8H,7,9H2,(H,24,25)(H,20,21,26). The van der Waals surface area contributed by atoms with Crippen molar-refractivity contribution in [1.82, 2.24) is 19.6 Å². The monoisotopic (exact) mass is 421 g/mol. The van der Waals surface area contributed by atoms with E-state index < -0.39 is 18.4 Å². The van der Waals surface area contributed by atoms with Crippen LogP contribution in [0.5, 0.6) is 0 Å². The van der Waals surface area contributed by atoms with Gasteiger partial charge in [0, 0.05) is 12.4 Å². The molecule has 134 valence electrons. The number of aromatic nitrogens is 4. The molecule has 0 unspecified atom stereocenters. The summed E-state index contributed by atoms with van der Waals surface area (Å²) in [5.41, 5.74) is 0.950. The lowest BCUT2D eigenvalue weighted by molar-refractivity contribution is -0.137. The molecule has 0 fully saturated rings. The fraction of sp³-hybridized carbons (Fsp3) is 0.125. The van der Waals surface area contributed by atoms with Crippen molar-refractivity contribution >= 4 is 33.6 Å². The first-order valence-corrected chi connectivity index (χ1v) is 8.24. The van der Waals surface area contributed by atoms with E-state index >= 15 is 0 Å². The highest BCUT2D eigenvalue weighted by molar-refractivity contribution is 9.10. The minimum absolute atomic E-state index is 0.104. The zero-order valence-corrected chi connectivity index (χ0v) is 14.9. The zero-order valence-electron chi connectivity index (χ0n) is 13.3. The van der Waals surface area contributed by atoms with Gasteiger partial charge in [-0.25, -0.2) is 9.07 Å². The van der Waals surface area contributed by atoms with Crippen molar-refractivity contribution in [1.29, 1.82) is 0 Å². The first kappa shape index (κ1) is 17.8. The van der Waals surface area contributed by atoms with Crippen LogP contribution in [0.1, 0.15) is 16.1 Å². The number of halogens is 2. The molecule has 1 amide bonds. The Hall–Kier alpha value is -3.01. The molecule has 0 spiro atoms. The van der Waals surface area contributed by atoms with Gasteiger partial charge >= 0.3 is 5.97 Å². The van der Waals surface area contributed by atoms with Crippen LogP contribution >= 0.6 is 15.9 Å². The van der Waals surface area contributed by atoms with Gasteiger partial charge in [-0.2, -0.15) is 10.2 Å². The molecule has 0 aliphatic rings. The number of carbonyl (C=O) groups excluding carboxylic acids is 1. The van der Waals surface area contributed by atoms with E-state index in [2.05, 4.69) is 31.4 Å². The Bertz CT molecular complexity index is 951. The van der Waals surface area contributed by atoms with E-state index in [9.17, 15) is 14.0 Å². The van der Waals surface area contributed by atoms with Crippen molar-refractivity contribution in [2.45, 2.75) is 13.1 Å². The van der Waals surface area contributed by atoms with E-state index in [1.807, 2.05) is 0 Å². The van der Waals surface area contributed by atoms with Gasteiger partial charge in [-0.05, 0) is 39.7 Å². The number of aliphatic carboxylic acids is 1. The average Bonchev–Trinajstić information content (AvgIpc) is 3.16. The van der Waals surface area contributed by atoms with Gasteiger partial charge in [-0.15, -0.1) is 0 Å². The smallest absolute Gasteiger partial charge is 0.325 e. The summed E-state index contributed by atoms with van der Waals surface area (Å²) in [5, 5.41) is 19.5. The number of carboxylic acids is 1. The van der Waals surface area contributed by atoms with Crippen molar-refractivity contribution in [3.63, 3.8) is 0 Å². The predicted octanol–water partition coefficient (Wildman–Crippen LogP) is 2.37. The molecule has 0 bridgehead atoms. The summed E-state index contributed by atoms with van der Waals surface area (Å²) < 4.78 is 16.2. The van der Waals surface area contributed by atoms with Gasteiger partial charge in [0.2, 0.25) is 0 Å². The van der Waals surface area contributed by atoms with Crippen LogP contribution in [0.2, 0.25) is 0 Å². The third kappa shape index (κ3) is 4.14. The van der Waals surface area contributed by atoms with Crippen LogP contribution in [0, 0.1) is 5.82 Å². The van der Waals surface area contributed by atoms with Gasteiger partial charge in [0.15, 0.2) is 5.82 Å². The SMILES string of the molecule is O=C(O)Cn1nccc1C(=O)Nc1nn(Cc2ccc(F)cc2)cc1Br. The molecule has 0 atom stereocenters. The largest absolute Gasteiger partial charge is 0.480 e. The van der Waals surface area contributed by atoms with Crippen molar-refractivity contribution in [2.24, 2.45) is 0 Å². The molecule has 8 nitrogen and oxygen atoms in total. The molecule has 10 heteroatoms. The Labute approximate surface area is 155 Å². The quantitative estimate of drug-likeness (QED) is 0.635. The first-order chi connectivity index (χ1) is 12.4. The number of amides is 1. The fourth-order valence-corrected chi connectivity index (χ4v) is 2.71. The number of nitrogens with one attached hydrogen (secondary N) is 1. The Morgan fingerprint density at radius 1 is 1.23 bits per heavy atom. The highest BCUT2D eigenvalue weighted by Gasteiger charge is 2.17. The molecule has 3 rings (SSSR count). The lowest BCUT2D eigenvalue weighted by Gasteiger charge is -2.05. The van der Waals surface area contributed by atoms with Gasteiger partial charge < -0.3 is 10.4 Å². The van der Waals surface area contributed by atoms with Crippen molar-refractivity contribution < 1.29 is 19.1 Å². The Kier molecular flexibility index (Phi) is 5.12. The number of nitrogens with zero attached hydrogens (tertiary/aromatic N) is 4. The second-order valence-corrected chi connectivity index (χ2v) is 6.23. The molecule has 0 aliphatic heterocycles. The van der Waals surface area contributed by atoms with E-state index in [4.69, 9.17) is 5.11 Å². The number of hydrogen-bond acceptors (Lipinski definition) is 4. The summed E-state index contributed by atoms with van der Waals surface area (Å²) in [6.07, 6.45) is 3.02. The van der Waals surface area contributed by atoms with E-state index in [0.29, 0.717) is 11.0 Å². The molecular formula is C16H13BrFN5O3. The van der Waals surface area contributed by atoms with E-state index in [0.717, 1.165) is 10.2 Å². The van der Waals surface area contributed by atoms with Crippen LogP contribution in [0.25, 0.3) is 0 Å². The Balaban J connectivity index is 1.73. The summed E-state index contributed by atoms with van der Waals surface area (Å²) in [7, 11) is 0. The molecule has 0 saturated carbocycles. The molecule has 2 heterocycles. The molecule has 26 heavy (non-hydrogen) atoms. The fourth-order valence-electron chi connectivity index (χ4n) is 2.29. The topological polar surface area (TPSA) is 102 Å². The number of carbonyl (C=O) groups is 2. The molecule has 0 radical (unpaired) electrons. The van der Waals surface area contributed by atoms with E-state index in [-0.39, 0.29) is 17.3 Å². The van der Waals surface area contributed by atoms with Crippen LogP contribution in [0.15, 0.2) is 47.2 Å². The van der Waals surface area contributed by atoms with Crippen LogP contribution in [-0.2, 0) is 17.9 Å². The molecule has 3 aromatic rings. The maximum Gasteiger partial charge on any atom is 0.325 e. The third-order valence-corrected chi connectivity index (χ3v) is 4.02. The van der Waals surface area contributed by atoms with Crippen molar-refractivity contribution in [3.8, 4) is 0 Å². The number of anilines is 1. The summed E-state index contributed by atoms with van der Waals surface area (Å²) in [5.74, 6) is -1.68. The number of carboxylic acid groups (broad SMARTS) is 1. The highest BCUT2D eigenvalue weighted by Crippen LogP contribution is 2.21. The average molecular weight is 422 g/mol. The molecule has 0 aliphatic carbocycles. The van der Waals surface area contributed by atoms with Gasteiger partial charge in [0.25, 0.3) is 5.91 Å². The molecule has 0 saturated heterocycles. The number of benzene rings is 1. The van der Waals surface area contributed by atoms with Gasteiger partial charge in [0.05, 0.1) is 11.0 Å². The van der Waals surface area contributed by atoms with Gasteiger partial charge in [-0.1, -0.05) is 12.1 Å². The summed E-state index contributed by atoms with van der Waals surface area (Å²) in [6, 6.07) is 7.43.